The Hall–Kier alpha value is -0.930. The third kappa shape index (κ3) is 1.65. The second-order valence-corrected chi connectivity index (χ2v) is 3.96. The highest BCUT2D eigenvalue weighted by Crippen LogP contribution is 2.23. The minimum atomic E-state index is 0.666. The third-order valence-electron chi connectivity index (χ3n) is 1.89. The molecule has 2 aromatic heterocycles. The van der Waals surface area contributed by atoms with Crippen molar-refractivity contribution >= 4 is 23.4 Å². The van der Waals surface area contributed by atoms with Crippen molar-refractivity contribution in [3.8, 4) is 5.82 Å². The van der Waals surface area contributed by atoms with Crippen LogP contribution < -0.4 is 0 Å². The van der Waals surface area contributed by atoms with Crippen LogP contribution >= 0.6 is 23.4 Å². The molecule has 0 aliphatic carbocycles. The quantitative estimate of drug-likeness (QED) is 0.729. The zero-order valence-corrected chi connectivity index (χ0v) is 9.22. The molecule has 0 bridgehead atoms. The minimum Gasteiger partial charge on any atom is -0.295 e. The summed E-state index contributed by atoms with van der Waals surface area (Å²) in [6, 6.07) is 7.69. The molecule has 2 nitrogen and oxygen atoms in total. The number of aromatic nitrogens is 2. The van der Waals surface area contributed by atoms with Crippen LogP contribution in [0.15, 0.2) is 41.7 Å². The summed E-state index contributed by atoms with van der Waals surface area (Å²) >= 11 is 7.72. The summed E-state index contributed by atoms with van der Waals surface area (Å²) < 4.78 is 1.98. The Labute approximate surface area is 91.9 Å². The molecule has 0 unspecified atom stereocenters. The fraction of sp³-hybridized carbons (Fsp3) is 0.100. The Bertz CT molecular complexity index is 439. The first-order valence-corrected chi connectivity index (χ1v) is 5.75. The second kappa shape index (κ2) is 4.07. The predicted molar refractivity (Wildman–Crippen MR) is 60.4 cm³/mol. The largest absolute Gasteiger partial charge is 0.295 e. The van der Waals surface area contributed by atoms with Gasteiger partial charge in [0.2, 0.25) is 0 Å². The molecule has 0 spiro atoms. The van der Waals surface area contributed by atoms with Gasteiger partial charge in [-0.25, -0.2) is 4.98 Å². The number of nitrogens with zero attached hydrogens (tertiary/aromatic N) is 2. The van der Waals surface area contributed by atoms with Crippen molar-refractivity contribution in [3.05, 3.63) is 41.7 Å². The molecule has 2 aromatic rings. The van der Waals surface area contributed by atoms with Crippen LogP contribution in [0.4, 0.5) is 0 Å². The van der Waals surface area contributed by atoms with Crippen molar-refractivity contribution in [1.82, 2.24) is 9.55 Å². The SMILES string of the molecule is CSc1cccn1-c1ncccc1Cl. The Kier molecular flexibility index (Phi) is 2.79. The molecule has 0 saturated carbocycles. The van der Waals surface area contributed by atoms with Crippen LogP contribution in [0.5, 0.6) is 0 Å². The van der Waals surface area contributed by atoms with Crippen molar-refractivity contribution in [2.45, 2.75) is 5.03 Å². The monoisotopic (exact) mass is 224 g/mol. The summed E-state index contributed by atoms with van der Waals surface area (Å²) in [6.45, 7) is 0. The molecule has 0 aliphatic rings. The molecular formula is C10H9ClN2S. The van der Waals surface area contributed by atoms with Crippen LogP contribution in [-0.4, -0.2) is 15.8 Å². The van der Waals surface area contributed by atoms with Gasteiger partial charge in [0.25, 0.3) is 0 Å². The molecule has 0 radical (unpaired) electrons. The molecule has 0 aliphatic heterocycles. The molecule has 0 aromatic carbocycles. The highest BCUT2D eigenvalue weighted by atomic mass is 35.5. The topological polar surface area (TPSA) is 17.8 Å². The van der Waals surface area contributed by atoms with Gasteiger partial charge in [-0.05, 0) is 30.5 Å². The van der Waals surface area contributed by atoms with E-state index in [0.29, 0.717) is 5.02 Å². The van der Waals surface area contributed by atoms with Gasteiger partial charge in [-0.1, -0.05) is 11.6 Å². The van der Waals surface area contributed by atoms with E-state index >= 15 is 0 Å². The number of halogens is 1. The average Bonchev–Trinajstić information content (AvgIpc) is 2.66. The zero-order valence-electron chi connectivity index (χ0n) is 7.64. The molecule has 2 heterocycles. The van der Waals surface area contributed by atoms with E-state index in [-0.39, 0.29) is 0 Å². The maximum Gasteiger partial charge on any atom is 0.156 e. The van der Waals surface area contributed by atoms with E-state index in [0.717, 1.165) is 10.8 Å². The Morgan fingerprint density at radius 2 is 2.21 bits per heavy atom. The summed E-state index contributed by atoms with van der Waals surface area (Å²) in [5.41, 5.74) is 0. The number of hydrogen-bond donors (Lipinski definition) is 0. The predicted octanol–water partition coefficient (Wildman–Crippen LogP) is 3.25. The fourth-order valence-corrected chi connectivity index (χ4v) is 2.03. The van der Waals surface area contributed by atoms with E-state index in [1.807, 2.05) is 41.3 Å². The molecule has 0 atom stereocenters. The normalized spacial score (nSPS) is 10.4. The lowest BCUT2D eigenvalue weighted by Gasteiger charge is -2.07. The van der Waals surface area contributed by atoms with Gasteiger partial charge in [0.15, 0.2) is 5.82 Å². The summed E-state index contributed by atoms with van der Waals surface area (Å²) in [6.07, 6.45) is 5.73. The number of pyridine rings is 1. The highest BCUT2D eigenvalue weighted by molar-refractivity contribution is 7.98. The van der Waals surface area contributed by atoms with Gasteiger partial charge in [-0.15, -0.1) is 11.8 Å². The smallest absolute Gasteiger partial charge is 0.156 e. The van der Waals surface area contributed by atoms with Crippen molar-refractivity contribution in [2.75, 3.05) is 6.26 Å². The number of hydrogen-bond acceptors (Lipinski definition) is 2. The van der Waals surface area contributed by atoms with Crippen LogP contribution in [-0.2, 0) is 0 Å². The van der Waals surface area contributed by atoms with Gasteiger partial charge in [-0.3, -0.25) is 4.57 Å². The van der Waals surface area contributed by atoms with Crippen LogP contribution in [0.1, 0.15) is 0 Å². The van der Waals surface area contributed by atoms with E-state index in [4.69, 9.17) is 11.6 Å². The van der Waals surface area contributed by atoms with Gasteiger partial charge >= 0.3 is 0 Å². The Morgan fingerprint density at radius 1 is 1.36 bits per heavy atom. The van der Waals surface area contributed by atoms with Gasteiger partial charge in [0.1, 0.15) is 0 Å². The minimum absolute atomic E-state index is 0.666. The second-order valence-electron chi connectivity index (χ2n) is 2.73. The first-order valence-electron chi connectivity index (χ1n) is 4.15. The lowest BCUT2D eigenvalue weighted by molar-refractivity contribution is 0.913. The molecule has 2 rings (SSSR count). The maximum absolute atomic E-state index is 6.05. The van der Waals surface area contributed by atoms with E-state index in [2.05, 4.69) is 4.98 Å². The number of rotatable bonds is 2. The standard InChI is InChI=1S/C10H9ClN2S/c1-14-9-5-3-7-13(9)10-8(11)4-2-6-12-10/h2-7H,1H3. The summed E-state index contributed by atoms with van der Waals surface area (Å²) in [7, 11) is 0. The molecule has 0 saturated heterocycles. The van der Waals surface area contributed by atoms with Crippen molar-refractivity contribution in [2.24, 2.45) is 0 Å². The van der Waals surface area contributed by atoms with Crippen molar-refractivity contribution in [1.29, 1.82) is 0 Å². The average molecular weight is 225 g/mol. The van der Waals surface area contributed by atoms with Crippen LogP contribution in [0.3, 0.4) is 0 Å². The van der Waals surface area contributed by atoms with Gasteiger partial charge < -0.3 is 0 Å². The number of thioether (sulfide) groups is 1. The van der Waals surface area contributed by atoms with Crippen LogP contribution in [0.2, 0.25) is 5.02 Å². The van der Waals surface area contributed by atoms with E-state index in [1.54, 1.807) is 18.0 Å². The highest BCUT2D eigenvalue weighted by Gasteiger charge is 2.06. The van der Waals surface area contributed by atoms with Gasteiger partial charge in [0, 0.05) is 12.4 Å². The lowest BCUT2D eigenvalue weighted by atomic mass is 10.4. The first-order chi connectivity index (χ1) is 6.83. The maximum atomic E-state index is 6.05. The molecule has 0 amide bonds. The molecule has 4 heteroatoms. The first kappa shape index (κ1) is 9.62. The molecule has 0 fully saturated rings. The van der Waals surface area contributed by atoms with Crippen LogP contribution in [0.25, 0.3) is 5.82 Å². The lowest BCUT2D eigenvalue weighted by Crippen LogP contribution is -1.97. The van der Waals surface area contributed by atoms with Crippen LogP contribution in [0, 0.1) is 0 Å². The third-order valence-corrected chi connectivity index (χ3v) is 2.93. The Morgan fingerprint density at radius 3 is 2.93 bits per heavy atom. The summed E-state index contributed by atoms with van der Waals surface area (Å²) in [5.74, 6) is 0.781. The molecular weight excluding hydrogens is 216 g/mol. The van der Waals surface area contributed by atoms with Crippen molar-refractivity contribution in [3.63, 3.8) is 0 Å². The zero-order chi connectivity index (χ0) is 9.97. The van der Waals surface area contributed by atoms with E-state index < -0.39 is 0 Å². The fourth-order valence-electron chi connectivity index (χ4n) is 1.26. The summed E-state index contributed by atoms with van der Waals surface area (Å²) in [5, 5.41) is 1.80. The van der Waals surface area contributed by atoms with Gasteiger partial charge in [-0.2, -0.15) is 0 Å². The Balaban J connectivity index is 2.54. The van der Waals surface area contributed by atoms with E-state index in [1.165, 1.54) is 0 Å². The molecule has 72 valence electrons. The van der Waals surface area contributed by atoms with Crippen molar-refractivity contribution < 1.29 is 0 Å². The van der Waals surface area contributed by atoms with Gasteiger partial charge in [0.05, 0.1) is 10.0 Å². The molecule has 14 heavy (non-hydrogen) atoms. The van der Waals surface area contributed by atoms with E-state index in [9.17, 15) is 0 Å². The molecule has 0 N–H and O–H groups in total. The summed E-state index contributed by atoms with van der Waals surface area (Å²) in [4.78, 5) is 4.25.